The second-order valence-electron chi connectivity index (χ2n) is 5.15. The van der Waals surface area contributed by atoms with E-state index in [2.05, 4.69) is 9.50 Å². The number of rotatable bonds is 3. The molecule has 0 saturated carbocycles. The summed E-state index contributed by atoms with van der Waals surface area (Å²) in [7, 11) is -2.54. The van der Waals surface area contributed by atoms with Gasteiger partial charge in [0.2, 0.25) is 0 Å². The lowest BCUT2D eigenvalue weighted by molar-refractivity contribution is -0.385. The molecule has 0 fully saturated rings. The van der Waals surface area contributed by atoms with E-state index < -0.39 is 14.9 Å². The zero-order chi connectivity index (χ0) is 18.2. The molecule has 0 unspecified atom stereocenters. The average molecular weight is 360 g/mol. The number of nitro groups is 1. The maximum Gasteiger partial charge on any atom is 0.285 e. The highest BCUT2D eigenvalue weighted by Gasteiger charge is 2.32. The fourth-order valence-corrected chi connectivity index (χ4v) is 3.52. The van der Waals surface area contributed by atoms with Crippen LogP contribution in [-0.2, 0) is 10.0 Å². The predicted molar refractivity (Wildman–Crippen MR) is 90.3 cm³/mol. The maximum atomic E-state index is 12.1. The lowest BCUT2D eigenvalue weighted by Crippen LogP contribution is -2.21. The molecule has 1 aliphatic heterocycles. The van der Waals surface area contributed by atoms with Gasteiger partial charge in [-0.1, -0.05) is 12.1 Å². The van der Waals surface area contributed by atoms with Crippen LogP contribution in [0.15, 0.2) is 56.9 Å². The smallest absolute Gasteiger partial charge is 0.285 e. The van der Waals surface area contributed by atoms with E-state index in [0.29, 0.717) is 5.56 Å². The van der Waals surface area contributed by atoms with Gasteiger partial charge in [0.1, 0.15) is 10.6 Å². The van der Waals surface area contributed by atoms with Gasteiger partial charge in [0.25, 0.3) is 15.7 Å². The van der Waals surface area contributed by atoms with Crippen LogP contribution in [0, 0.1) is 10.1 Å². The van der Waals surface area contributed by atoms with Gasteiger partial charge in [0.05, 0.1) is 11.1 Å². The summed E-state index contributed by atoms with van der Waals surface area (Å²) in [5, 5.41) is 25.8. The number of sulfonamides is 1. The van der Waals surface area contributed by atoms with Crippen LogP contribution in [0.2, 0.25) is 0 Å². The van der Waals surface area contributed by atoms with Crippen LogP contribution in [0.3, 0.4) is 0 Å². The Balaban J connectivity index is 1.97. The van der Waals surface area contributed by atoms with E-state index in [1.54, 1.807) is 18.2 Å². The third-order valence-electron chi connectivity index (χ3n) is 3.51. The molecular weight excluding hydrogens is 348 g/mol. The Morgan fingerprint density at radius 2 is 2.00 bits per heavy atom. The molecule has 0 spiro atoms. The molecule has 1 aliphatic rings. The van der Waals surface area contributed by atoms with Gasteiger partial charge in [-0.3, -0.25) is 10.1 Å². The van der Waals surface area contributed by atoms with Gasteiger partial charge in [-0.2, -0.15) is 13.5 Å². The Morgan fingerprint density at radius 1 is 1.28 bits per heavy atom. The summed E-state index contributed by atoms with van der Waals surface area (Å²) in [5.74, 6) is 0.0632. The summed E-state index contributed by atoms with van der Waals surface area (Å²) >= 11 is 0. The number of aromatic hydroxyl groups is 1. The maximum absolute atomic E-state index is 12.1. The molecule has 25 heavy (non-hydrogen) atoms. The number of fused-ring (bicyclic) bond motifs is 1. The average Bonchev–Trinajstić information content (AvgIpc) is 2.85. The molecule has 2 aromatic rings. The molecule has 0 aromatic heterocycles. The van der Waals surface area contributed by atoms with Gasteiger partial charge in [-0.05, 0) is 18.2 Å². The SMILES string of the molecule is CN(/N=C\c1ccccc1O)C1=NS(=O)(=O)c2cc([N+](=O)[O-])ccc21. The Bertz CT molecular complexity index is 1030. The monoisotopic (exact) mass is 360 g/mol. The standard InChI is InChI=1S/C15H12N4O5S/c1-18(16-9-10-4-2-3-5-13(10)20)15-12-7-6-11(19(21)22)8-14(12)25(23,24)17-15/h2-9,20H,1H3/b16-9-. The van der Waals surface area contributed by atoms with Gasteiger partial charge in [-0.25, -0.2) is 5.01 Å². The molecule has 10 heteroatoms. The summed E-state index contributed by atoms with van der Waals surface area (Å²) in [5.41, 5.74) is 0.335. The number of non-ortho nitro benzene ring substituents is 1. The predicted octanol–water partition coefficient (Wildman–Crippen LogP) is 1.72. The van der Waals surface area contributed by atoms with Crippen LogP contribution in [-0.4, -0.2) is 42.6 Å². The van der Waals surface area contributed by atoms with E-state index in [1.807, 2.05) is 0 Å². The molecule has 128 valence electrons. The van der Waals surface area contributed by atoms with E-state index >= 15 is 0 Å². The van der Waals surface area contributed by atoms with Crippen LogP contribution < -0.4 is 0 Å². The Labute approximate surface area is 142 Å². The van der Waals surface area contributed by atoms with Crippen molar-refractivity contribution in [2.45, 2.75) is 4.90 Å². The number of hydrazone groups is 1. The largest absolute Gasteiger partial charge is 0.507 e. The van der Waals surface area contributed by atoms with Crippen molar-refractivity contribution in [3.63, 3.8) is 0 Å². The highest BCUT2D eigenvalue weighted by atomic mass is 32.2. The first-order valence-electron chi connectivity index (χ1n) is 6.99. The molecule has 9 nitrogen and oxygen atoms in total. The van der Waals surface area contributed by atoms with Crippen molar-refractivity contribution in [1.29, 1.82) is 0 Å². The second-order valence-corrected chi connectivity index (χ2v) is 6.73. The Morgan fingerprint density at radius 3 is 2.68 bits per heavy atom. The van der Waals surface area contributed by atoms with Crippen LogP contribution in [0.5, 0.6) is 5.75 Å². The third-order valence-corrected chi connectivity index (χ3v) is 4.82. The summed E-state index contributed by atoms with van der Waals surface area (Å²) in [6, 6.07) is 10.0. The fourth-order valence-electron chi connectivity index (χ4n) is 2.27. The van der Waals surface area contributed by atoms with Crippen molar-refractivity contribution >= 4 is 27.8 Å². The van der Waals surface area contributed by atoms with E-state index in [0.717, 1.165) is 6.07 Å². The van der Waals surface area contributed by atoms with Crippen molar-refractivity contribution in [1.82, 2.24) is 5.01 Å². The van der Waals surface area contributed by atoms with Crippen molar-refractivity contribution < 1.29 is 18.4 Å². The van der Waals surface area contributed by atoms with Crippen molar-refractivity contribution in [2.75, 3.05) is 7.05 Å². The number of nitrogens with zero attached hydrogens (tertiary/aromatic N) is 4. The minimum Gasteiger partial charge on any atom is -0.507 e. The first-order valence-corrected chi connectivity index (χ1v) is 8.43. The van der Waals surface area contributed by atoms with Crippen molar-refractivity contribution in [2.24, 2.45) is 9.50 Å². The summed E-state index contributed by atoms with van der Waals surface area (Å²) in [6.07, 6.45) is 1.36. The number of hydrogen-bond donors (Lipinski definition) is 1. The molecule has 0 radical (unpaired) electrons. The molecule has 0 atom stereocenters. The van der Waals surface area contributed by atoms with Gasteiger partial charge < -0.3 is 5.11 Å². The number of nitro benzene ring substituents is 1. The normalized spacial score (nSPS) is 15.0. The Hall–Kier alpha value is -3.27. The second kappa shape index (κ2) is 5.98. The van der Waals surface area contributed by atoms with E-state index in [9.17, 15) is 23.6 Å². The van der Waals surface area contributed by atoms with E-state index in [4.69, 9.17) is 0 Å². The molecular formula is C15H12N4O5S. The summed E-state index contributed by atoms with van der Waals surface area (Å²) in [4.78, 5) is 9.93. The quantitative estimate of drug-likeness (QED) is 0.504. The third kappa shape index (κ3) is 3.06. The molecule has 0 amide bonds. The molecule has 0 saturated heterocycles. The topological polar surface area (TPSA) is 125 Å². The Kier molecular flexibility index (Phi) is 3.97. The first-order chi connectivity index (χ1) is 11.8. The number of amidine groups is 1. The molecule has 0 aliphatic carbocycles. The molecule has 0 bridgehead atoms. The zero-order valence-electron chi connectivity index (χ0n) is 12.9. The number of hydrogen-bond acceptors (Lipinski definition) is 7. The fraction of sp³-hybridized carbons (Fsp3) is 0.0667. The zero-order valence-corrected chi connectivity index (χ0v) is 13.7. The molecule has 3 rings (SSSR count). The molecule has 1 heterocycles. The molecule has 1 N–H and O–H groups in total. The summed E-state index contributed by atoms with van der Waals surface area (Å²) < 4.78 is 27.9. The summed E-state index contributed by atoms with van der Waals surface area (Å²) in [6.45, 7) is 0. The highest BCUT2D eigenvalue weighted by Crippen LogP contribution is 2.30. The minimum absolute atomic E-state index is 0.0247. The van der Waals surface area contributed by atoms with E-state index in [1.165, 1.54) is 36.5 Å². The van der Waals surface area contributed by atoms with Crippen LogP contribution >= 0.6 is 0 Å². The van der Waals surface area contributed by atoms with Crippen LogP contribution in [0.1, 0.15) is 11.1 Å². The minimum atomic E-state index is -4.03. The van der Waals surface area contributed by atoms with Gasteiger partial charge in [0, 0.05) is 30.3 Å². The lowest BCUT2D eigenvalue weighted by atomic mass is 10.2. The van der Waals surface area contributed by atoms with Crippen LogP contribution in [0.4, 0.5) is 5.69 Å². The van der Waals surface area contributed by atoms with Crippen molar-refractivity contribution in [3.8, 4) is 5.75 Å². The van der Waals surface area contributed by atoms with E-state index in [-0.39, 0.29) is 27.7 Å². The van der Waals surface area contributed by atoms with Crippen molar-refractivity contribution in [3.05, 3.63) is 63.7 Å². The van der Waals surface area contributed by atoms with Crippen LogP contribution in [0.25, 0.3) is 0 Å². The number of benzene rings is 2. The lowest BCUT2D eigenvalue weighted by Gasteiger charge is -2.12. The molecule has 2 aromatic carbocycles. The number of phenols is 1. The highest BCUT2D eigenvalue weighted by molar-refractivity contribution is 7.90. The van der Waals surface area contributed by atoms with Gasteiger partial charge in [0.15, 0.2) is 5.84 Å². The first kappa shape index (κ1) is 16.6. The number of para-hydroxylation sites is 1. The van der Waals surface area contributed by atoms with Gasteiger partial charge in [-0.15, -0.1) is 4.40 Å². The van der Waals surface area contributed by atoms with Gasteiger partial charge >= 0.3 is 0 Å². The number of phenolic OH excluding ortho intramolecular Hbond substituents is 1.